The molecule has 0 aliphatic carbocycles. The monoisotopic (exact) mass is 385 g/mol. The maximum atomic E-state index is 12.8. The van der Waals surface area contributed by atoms with Gasteiger partial charge in [-0.05, 0) is 30.5 Å². The number of hydrogen-bond acceptors (Lipinski definition) is 3. The second-order valence-corrected chi connectivity index (χ2v) is 7.50. The Morgan fingerprint density at radius 2 is 2.00 bits per heavy atom. The van der Waals surface area contributed by atoms with Gasteiger partial charge >= 0.3 is 12.1 Å². The van der Waals surface area contributed by atoms with Crippen LogP contribution in [0.3, 0.4) is 0 Å². The van der Waals surface area contributed by atoms with Gasteiger partial charge in [0.1, 0.15) is 0 Å². The fraction of sp³-hybridized carbons (Fsp3) is 0.579. The zero-order valence-corrected chi connectivity index (χ0v) is 15.0. The number of carbonyl (C=O) groups excluding carboxylic acids is 1. The van der Waals surface area contributed by atoms with E-state index in [9.17, 15) is 27.9 Å². The third kappa shape index (κ3) is 3.81. The summed E-state index contributed by atoms with van der Waals surface area (Å²) in [6.07, 6.45) is -3.71. The van der Waals surface area contributed by atoms with Crippen LogP contribution in [0.4, 0.5) is 13.2 Å². The Hall–Kier alpha value is -2.09. The van der Waals surface area contributed by atoms with Gasteiger partial charge in [0, 0.05) is 31.5 Å². The summed E-state index contributed by atoms with van der Waals surface area (Å²) in [6, 6.07) is 4.77. The van der Waals surface area contributed by atoms with E-state index < -0.39 is 29.0 Å². The molecule has 3 atom stereocenters. The van der Waals surface area contributed by atoms with E-state index in [1.807, 2.05) is 0 Å². The van der Waals surface area contributed by atoms with Gasteiger partial charge in [-0.25, -0.2) is 0 Å². The van der Waals surface area contributed by atoms with Crippen molar-refractivity contribution in [1.29, 1.82) is 0 Å². The highest BCUT2D eigenvalue weighted by Gasteiger charge is 2.55. The number of amides is 1. The molecule has 2 fully saturated rings. The second kappa shape index (κ2) is 7.14. The largest absolute Gasteiger partial charge is 0.481 e. The molecule has 0 saturated carbocycles. The molecule has 148 valence electrons. The Kier molecular flexibility index (Phi) is 5.20. The van der Waals surface area contributed by atoms with Gasteiger partial charge < -0.3 is 14.7 Å². The Morgan fingerprint density at radius 3 is 2.56 bits per heavy atom. The molecule has 1 N–H and O–H groups in total. The van der Waals surface area contributed by atoms with Crippen molar-refractivity contribution in [3.8, 4) is 0 Å². The molecule has 8 heteroatoms. The Labute approximate surface area is 155 Å². The maximum absolute atomic E-state index is 12.8. The van der Waals surface area contributed by atoms with Crippen LogP contribution in [0.2, 0.25) is 0 Å². The zero-order valence-electron chi connectivity index (χ0n) is 15.0. The van der Waals surface area contributed by atoms with Gasteiger partial charge in [-0.15, -0.1) is 0 Å². The summed E-state index contributed by atoms with van der Waals surface area (Å²) in [5.41, 5.74) is -1.05. The maximum Gasteiger partial charge on any atom is 0.416 e. The highest BCUT2D eigenvalue weighted by atomic mass is 19.4. The molecule has 1 aromatic rings. The Morgan fingerprint density at radius 1 is 1.33 bits per heavy atom. The molecular formula is C19H22F3NO4. The van der Waals surface area contributed by atoms with Crippen LogP contribution in [0.5, 0.6) is 0 Å². The van der Waals surface area contributed by atoms with Crippen molar-refractivity contribution in [1.82, 2.24) is 4.90 Å². The van der Waals surface area contributed by atoms with Crippen molar-refractivity contribution < 1.29 is 32.6 Å². The van der Waals surface area contributed by atoms with Gasteiger partial charge in [0.25, 0.3) is 0 Å². The van der Waals surface area contributed by atoms with Gasteiger partial charge in [-0.1, -0.05) is 19.1 Å². The molecule has 1 unspecified atom stereocenters. The topological polar surface area (TPSA) is 66.8 Å². The summed E-state index contributed by atoms with van der Waals surface area (Å²) >= 11 is 0. The quantitative estimate of drug-likeness (QED) is 0.866. The number of rotatable bonds is 4. The van der Waals surface area contributed by atoms with E-state index in [1.165, 1.54) is 12.1 Å². The SMILES string of the molecule is CC(Cc1ccc(C(F)(F)F)cc1)C(=O)N1C[C@H]2COCC[C@@]2(C(=O)O)C1. The lowest BCUT2D eigenvalue weighted by molar-refractivity contribution is -0.157. The third-order valence-corrected chi connectivity index (χ3v) is 5.69. The van der Waals surface area contributed by atoms with E-state index >= 15 is 0 Å². The number of hydrogen-bond donors (Lipinski definition) is 1. The van der Waals surface area contributed by atoms with Gasteiger partial charge in [-0.2, -0.15) is 13.2 Å². The molecule has 1 amide bonds. The molecule has 0 aromatic heterocycles. The summed E-state index contributed by atoms with van der Waals surface area (Å²) in [5, 5.41) is 9.68. The first-order valence-electron chi connectivity index (χ1n) is 8.89. The lowest BCUT2D eigenvalue weighted by Gasteiger charge is -2.33. The van der Waals surface area contributed by atoms with Crippen molar-refractivity contribution in [2.24, 2.45) is 17.3 Å². The average Bonchev–Trinajstić information content (AvgIpc) is 3.01. The fourth-order valence-corrected chi connectivity index (χ4v) is 4.05. The van der Waals surface area contributed by atoms with Crippen molar-refractivity contribution in [2.75, 3.05) is 26.3 Å². The normalized spacial score (nSPS) is 26.5. The minimum atomic E-state index is -4.39. The number of likely N-dealkylation sites (tertiary alicyclic amines) is 1. The number of ether oxygens (including phenoxy) is 1. The third-order valence-electron chi connectivity index (χ3n) is 5.69. The zero-order chi connectivity index (χ0) is 19.8. The van der Waals surface area contributed by atoms with E-state index in [-0.39, 0.29) is 18.4 Å². The lowest BCUT2D eigenvalue weighted by atomic mass is 9.74. The number of carboxylic acid groups (broad SMARTS) is 1. The summed E-state index contributed by atoms with van der Waals surface area (Å²) in [5.74, 6) is -1.76. The molecule has 27 heavy (non-hydrogen) atoms. The number of nitrogens with zero attached hydrogens (tertiary/aromatic N) is 1. The van der Waals surface area contributed by atoms with Gasteiger partial charge in [-0.3, -0.25) is 9.59 Å². The molecule has 0 bridgehead atoms. The van der Waals surface area contributed by atoms with E-state index in [2.05, 4.69) is 0 Å². The first kappa shape index (κ1) is 19.7. The van der Waals surface area contributed by atoms with Crippen LogP contribution in [-0.4, -0.2) is 48.2 Å². The molecule has 5 nitrogen and oxygen atoms in total. The van der Waals surface area contributed by atoms with Crippen LogP contribution in [0, 0.1) is 17.3 Å². The highest BCUT2D eigenvalue weighted by Crippen LogP contribution is 2.43. The number of carboxylic acids is 1. The average molecular weight is 385 g/mol. The smallest absolute Gasteiger partial charge is 0.416 e. The number of aliphatic carboxylic acids is 1. The second-order valence-electron chi connectivity index (χ2n) is 7.50. The standard InChI is InChI=1S/C19H22F3NO4/c1-12(8-13-2-4-14(5-3-13)19(20,21)22)16(24)23-9-15-10-27-7-6-18(15,11-23)17(25)26/h2-5,12,15H,6-11H2,1H3,(H,25,26)/t12?,15-,18+/m0/s1. The number of fused-ring (bicyclic) bond motifs is 1. The van der Waals surface area contributed by atoms with Gasteiger partial charge in [0.05, 0.1) is 17.6 Å². The Balaban J connectivity index is 1.66. The van der Waals surface area contributed by atoms with E-state index in [1.54, 1.807) is 11.8 Å². The summed E-state index contributed by atoms with van der Waals surface area (Å²) < 4.78 is 43.3. The number of carbonyl (C=O) groups is 2. The van der Waals surface area contributed by atoms with Crippen LogP contribution in [-0.2, 0) is 26.9 Å². The molecule has 0 radical (unpaired) electrons. The predicted octanol–water partition coefficient (Wildman–Crippen LogP) is 2.83. The Bertz CT molecular complexity index is 719. The van der Waals surface area contributed by atoms with Crippen LogP contribution in [0.25, 0.3) is 0 Å². The molecule has 3 rings (SSSR count). The lowest BCUT2D eigenvalue weighted by Crippen LogP contribution is -2.45. The van der Waals surface area contributed by atoms with Crippen LogP contribution >= 0.6 is 0 Å². The predicted molar refractivity (Wildman–Crippen MR) is 89.9 cm³/mol. The van der Waals surface area contributed by atoms with Crippen LogP contribution in [0.15, 0.2) is 24.3 Å². The van der Waals surface area contributed by atoms with Crippen molar-refractivity contribution in [3.63, 3.8) is 0 Å². The fourth-order valence-electron chi connectivity index (χ4n) is 4.05. The number of halogens is 3. The molecule has 2 heterocycles. The number of alkyl halides is 3. The molecular weight excluding hydrogens is 363 g/mol. The number of benzene rings is 1. The van der Waals surface area contributed by atoms with Gasteiger partial charge in [0.15, 0.2) is 0 Å². The van der Waals surface area contributed by atoms with Crippen LogP contribution < -0.4 is 0 Å². The van der Waals surface area contributed by atoms with Crippen LogP contribution in [0.1, 0.15) is 24.5 Å². The molecule has 1 aromatic carbocycles. The molecule has 2 saturated heterocycles. The highest BCUT2D eigenvalue weighted by molar-refractivity contribution is 5.82. The van der Waals surface area contributed by atoms with Gasteiger partial charge in [0.2, 0.25) is 5.91 Å². The summed E-state index contributed by atoms with van der Waals surface area (Å²) in [4.78, 5) is 26.2. The van der Waals surface area contributed by atoms with E-state index in [4.69, 9.17) is 4.74 Å². The van der Waals surface area contributed by atoms with Crippen molar-refractivity contribution in [3.05, 3.63) is 35.4 Å². The molecule has 2 aliphatic rings. The molecule has 0 spiro atoms. The molecule has 2 aliphatic heterocycles. The van der Waals surface area contributed by atoms with Crippen molar-refractivity contribution >= 4 is 11.9 Å². The first-order chi connectivity index (χ1) is 12.6. The summed E-state index contributed by atoms with van der Waals surface area (Å²) in [7, 11) is 0. The first-order valence-corrected chi connectivity index (χ1v) is 8.89. The summed E-state index contributed by atoms with van der Waals surface area (Å²) in [6.45, 7) is 2.90. The van der Waals surface area contributed by atoms with Crippen molar-refractivity contribution in [2.45, 2.75) is 25.9 Å². The minimum Gasteiger partial charge on any atom is -0.481 e. The minimum absolute atomic E-state index is 0.159. The van der Waals surface area contributed by atoms with E-state index in [0.29, 0.717) is 38.2 Å². The van der Waals surface area contributed by atoms with E-state index in [0.717, 1.165) is 12.1 Å².